The van der Waals surface area contributed by atoms with Crippen LogP contribution in [-0.4, -0.2) is 38.4 Å². The average molecular weight is 466 g/mol. The minimum Gasteiger partial charge on any atom is -0.438 e. The maximum atomic E-state index is 13.2. The smallest absolute Gasteiger partial charge is 0.411 e. The molecular formula is C26H28ClN3O3. The van der Waals surface area contributed by atoms with E-state index in [1.807, 2.05) is 67.6 Å². The van der Waals surface area contributed by atoms with E-state index in [2.05, 4.69) is 10.2 Å². The fourth-order valence-corrected chi connectivity index (χ4v) is 4.57. The van der Waals surface area contributed by atoms with Crippen molar-refractivity contribution < 1.29 is 14.6 Å². The van der Waals surface area contributed by atoms with Crippen molar-refractivity contribution in [3.05, 3.63) is 83.0 Å². The Kier molecular flexibility index (Phi) is 6.41. The van der Waals surface area contributed by atoms with Crippen LogP contribution in [0.1, 0.15) is 50.8 Å². The highest BCUT2D eigenvalue weighted by atomic mass is 35.5. The van der Waals surface area contributed by atoms with Crippen LogP contribution in [0.25, 0.3) is 11.3 Å². The zero-order chi connectivity index (χ0) is 23.6. The third-order valence-corrected chi connectivity index (χ3v) is 6.28. The van der Waals surface area contributed by atoms with Gasteiger partial charge in [0.05, 0.1) is 17.3 Å². The molecule has 33 heavy (non-hydrogen) atoms. The minimum atomic E-state index is -0.982. The summed E-state index contributed by atoms with van der Waals surface area (Å²) in [6, 6.07) is 20.9. The van der Waals surface area contributed by atoms with E-state index in [0.717, 1.165) is 22.4 Å². The molecule has 1 amide bonds. The molecule has 1 saturated heterocycles. The Morgan fingerprint density at radius 3 is 2.36 bits per heavy atom. The van der Waals surface area contributed by atoms with Gasteiger partial charge in [0.15, 0.2) is 5.15 Å². The van der Waals surface area contributed by atoms with Crippen molar-refractivity contribution in [3.8, 4) is 11.3 Å². The molecule has 7 heteroatoms. The third-order valence-electron chi connectivity index (χ3n) is 6.08. The number of carbonyl (C=O) groups excluding carboxylic acids is 1. The molecule has 1 aliphatic rings. The lowest BCUT2D eigenvalue weighted by molar-refractivity contribution is -0.101. The topological polar surface area (TPSA) is 75.6 Å². The number of hydrogen-bond acceptors (Lipinski definition) is 5. The number of nitrogens with zero attached hydrogens (tertiary/aromatic N) is 3. The number of halogens is 1. The highest BCUT2D eigenvalue weighted by Crippen LogP contribution is 2.42. The molecule has 1 fully saturated rings. The van der Waals surface area contributed by atoms with Crippen molar-refractivity contribution in [1.82, 2.24) is 15.1 Å². The summed E-state index contributed by atoms with van der Waals surface area (Å²) in [7, 11) is 0. The monoisotopic (exact) mass is 465 g/mol. The molecule has 172 valence electrons. The molecule has 1 N–H and O–H groups in total. The Morgan fingerprint density at radius 1 is 1.09 bits per heavy atom. The van der Waals surface area contributed by atoms with Gasteiger partial charge in [-0.2, -0.15) is 0 Å². The lowest BCUT2D eigenvalue weighted by Gasteiger charge is -2.45. The van der Waals surface area contributed by atoms with E-state index in [-0.39, 0.29) is 12.1 Å². The zero-order valence-electron chi connectivity index (χ0n) is 19.0. The molecule has 0 unspecified atom stereocenters. The first kappa shape index (κ1) is 23.2. The number of aliphatic hydroxyl groups is 1. The van der Waals surface area contributed by atoms with Gasteiger partial charge in [0.25, 0.3) is 0 Å². The molecule has 4 rings (SSSR count). The Bertz CT molecular complexity index is 1100. The highest BCUT2D eigenvalue weighted by Gasteiger charge is 2.46. The van der Waals surface area contributed by atoms with Crippen LogP contribution in [0.2, 0.25) is 5.15 Å². The fourth-order valence-electron chi connectivity index (χ4n) is 4.47. The Labute approximate surface area is 199 Å². The summed E-state index contributed by atoms with van der Waals surface area (Å²) in [4.78, 5) is 14.9. The van der Waals surface area contributed by atoms with Crippen molar-refractivity contribution in [2.75, 3.05) is 6.54 Å². The molecule has 0 spiro atoms. The third kappa shape index (κ3) is 5.18. The normalized spacial score (nSPS) is 19.8. The van der Waals surface area contributed by atoms with E-state index in [9.17, 15) is 9.90 Å². The van der Waals surface area contributed by atoms with E-state index in [4.69, 9.17) is 16.3 Å². The Hall–Kier alpha value is -2.96. The SMILES string of the molecule is C[C@@H](c1ccc(-c2ccc(Cl)nn2)cc1)N1CC[C@](CC(C)(C)O)(c2ccccc2)OC1=O. The molecular weight excluding hydrogens is 438 g/mol. The predicted molar refractivity (Wildman–Crippen MR) is 128 cm³/mol. The van der Waals surface area contributed by atoms with Gasteiger partial charge < -0.3 is 14.7 Å². The standard InChI is InChI=1S/C26H28ClN3O3/c1-18(19-9-11-20(12-10-19)22-13-14-23(27)29-28-22)30-16-15-26(33-24(30)31,17-25(2,3)32)21-7-5-4-6-8-21/h4-14,18,32H,15-17H2,1-3H3/t18-,26-/m0/s1. The van der Waals surface area contributed by atoms with E-state index < -0.39 is 11.2 Å². The molecule has 1 aliphatic heterocycles. The van der Waals surface area contributed by atoms with Gasteiger partial charge in [0.2, 0.25) is 0 Å². The van der Waals surface area contributed by atoms with Gasteiger partial charge in [-0.25, -0.2) is 4.79 Å². The summed E-state index contributed by atoms with van der Waals surface area (Å²) in [5.41, 5.74) is 1.71. The summed E-state index contributed by atoms with van der Waals surface area (Å²) < 4.78 is 6.09. The van der Waals surface area contributed by atoms with E-state index >= 15 is 0 Å². The van der Waals surface area contributed by atoms with Gasteiger partial charge in [-0.1, -0.05) is 66.2 Å². The Morgan fingerprint density at radius 2 is 1.79 bits per heavy atom. The van der Waals surface area contributed by atoms with Crippen LogP contribution in [-0.2, 0) is 10.3 Å². The van der Waals surface area contributed by atoms with Crippen LogP contribution in [0.5, 0.6) is 0 Å². The van der Waals surface area contributed by atoms with Gasteiger partial charge in [-0.3, -0.25) is 0 Å². The van der Waals surface area contributed by atoms with Crippen LogP contribution < -0.4 is 0 Å². The van der Waals surface area contributed by atoms with Gasteiger partial charge in [-0.05, 0) is 44.0 Å². The van der Waals surface area contributed by atoms with Crippen molar-refractivity contribution in [2.24, 2.45) is 0 Å². The summed E-state index contributed by atoms with van der Waals surface area (Å²) in [6.45, 7) is 6.00. The molecule has 1 aromatic heterocycles. The number of rotatable bonds is 6. The largest absolute Gasteiger partial charge is 0.438 e. The maximum Gasteiger partial charge on any atom is 0.411 e. The first-order valence-electron chi connectivity index (χ1n) is 11.0. The molecule has 2 heterocycles. The summed E-state index contributed by atoms with van der Waals surface area (Å²) in [5.74, 6) is 0. The van der Waals surface area contributed by atoms with Crippen LogP contribution in [0.3, 0.4) is 0 Å². The van der Waals surface area contributed by atoms with Gasteiger partial charge in [-0.15, -0.1) is 10.2 Å². The number of benzene rings is 2. The number of ether oxygens (including phenoxy) is 1. The molecule has 0 radical (unpaired) electrons. The van der Waals surface area contributed by atoms with Gasteiger partial charge in [0, 0.05) is 24.9 Å². The second kappa shape index (κ2) is 9.12. The number of aromatic nitrogens is 2. The Balaban J connectivity index is 1.53. The van der Waals surface area contributed by atoms with Crippen molar-refractivity contribution in [1.29, 1.82) is 0 Å². The minimum absolute atomic E-state index is 0.168. The summed E-state index contributed by atoms with van der Waals surface area (Å²) >= 11 is 5.82. The van der Waals surface area contributed by atoms with Crippen molar-refractivity contribution >= 4 is 17.7 Å². The fraction of sp³-hybridized carbons (Fsp3) is 0.346. The first-order valence-corrected chi connectivity index (χ1v) is 11.4. The van der Waals surface area contributed by atoms with E-state index in [1.165, 1.54) is 0 Å². The predicted octanol–water partition coefficient (Wildman–Crippen LogP) is 5.76. The van der Waals surface area contributed by atoms with Crippen LogP contribution in [0, 0.1) is 0 Å². The number of cyclic esters (lactones) is 1. The second-order valence-electron chi connectivity index (χ2n) is 9.20. The van der Waals surface area contributed by atoms with Crippen LogP contribution in [0.4, 0.5) is 4.79 Å². The second-order valence-corrected chi connectivity index (χ2v) is 9.59. The quantitative estimate of drug-likeness (QED) is 0.501. The molecule has 2 atom stereocenters. The summed E-state index contributed by atoms with van der Waals surface area (Å²) in [6.07, 6.45) is 0.541. The maximum absolute atomic E-state index is 13.2. The zero-order valence-corrected chi connectivity index (χ0v) is 19.8. The molecule has 2 aromatic carbocycles. The van der Waals surface area contributed by atoms with Crippen molar-refractivity contribution in [2.45, 2.75) is 50.9 Å². The number of hydrogen-bond donors (Lipinski definition) is 1. The summed E-state index contributed by atoms with van der Waals surface area (Å²) in [5, 5.41) is 18.9. The average Bonchev–Trinajstić information content (AvgIpc) is 2.79. The van der Waals surface area contributed by atoms with Crippen LogP contribution >= 0.6 is 11.6 Å². The van der Waals surface area contributed by atoms with E-state index in [1.54, 1.807) is 24.8 Å². The lowest BCUT2D eigenvalue weighted by Crippen LogP contribution is -2.51. The molecule has 0 bridgehead atoms. The molecule has 0 aliphatic carbocycles. The van der Waals surface area contributed by atoms with Crippen molar-refractivity contribution in [3.63, 3.8) is 0 Å². The highest BCUT2D eigenvalue weighted by molar-refractivity contribution is 6.29. The molecule has 3 aromatic rings. The van der Waals surface area contributed by atoms with Gasteiger partial charge >= 0.3 is 6.09 Å². The molecule has 6 nitrogen and oxygen atoms in total. The first-order chi connectivity index (χ1) is 15.7. The van der Waals surface area contributed by atoms with Gasteiger partial charge in [0.1, 0.15) is 5.60 Å². The lowest BCUT2D eigenvalue weighted by atomic mass is 9.80. The number of carbonyl (C=O) groups is 1. The van der Waals surface area contributed by atoms with E-state index in [0.29, 0.717) is 24.5 Å². The molecule has 0 saturated carbocycles. The van der Waals surface area contributed by atoms with Crippen LogP contribution in [0.15, 0.2) is 66.7 Å². The number of amides is 1.